The predicted octanol–water partition coefficient (Wildman–Crippen LogP) is 2.55. The monoisotopic (exact) mass is 296 g/mol. The van der Waals surface area contributed by atoms with Crippen LogP contribution in [0.2, 0.25) is 0 Å². The molecule has 3 rings (SSSR count). The van der Waals surface area contributed by atoms with Gasteiger partial charge < -0.3 is 14.7 Å². The van der Waals surface area contributed by atoms with Crippen molar-refractivity contribution in [3.05, 3.63) is 53.9 Å². The van der Waals surface area contributed by atoms with E-state index < -0.39 is 0 Å². The number of benzene rings is 1. The zero-order valence-corrected chi connectivity index (χ0v) is 12.4. The van der Waals surface area contributed by atoms with Gasteiger partial charge in [-0.3, -0.25) is 0 Å². The van der Waals surface area contributed by atoms with E-state index in [1.165, 1.54) is 5.56 Å². The Labute approximate surface area is 128 Å². The predicted molar refractivity (Wildman–Crippen MR) is 82.9 cm³/mol. The van der Waals surface area contributed by atoms with Gasteiger partial charge in [-0.25, -0.2) is 0 Å². The van der Waals surface area contributed by atoms with Crippen LogP contribution >= 0.6 is 0 Å². The topological polar surface area (TPSA) is 80.0 Å². The SMILES string of the molecule is Cc1cc(Nc2cnnc(N(C)Cc3ccccc3)n2)no1. The number of aromatic nitrogens is 4. The van der Waals surface area contributed by atoms with Crippen LogP contribution < -0.4 is 10.2 Å². The summed E-state index contributed by atoms with van der Waals surface area (Å²) >= 11 is 0. The maximum Gasteiger partial charge on any atom is 0.247 e. The first-order chi connectivity index (χ1) is 10.7. The second kappa shape index (κ2) is 6.21. The standard InChI is InChI=1S/C15H16N6O/c1-11-8-13(20-22-11)17-14-9-16-19-15(18-14)21(2)10-12-6-4-3-5-7-12/h3-9H,10H2,1-2H3,(H,17,18,19,20). The van der Waals surface area contributed by atoms with Gasteiger partial charge in [0.2, 0.25) is 5.95 Å². The highest BCUT2D eigenvalue weighted by molar-refractivity contribution is 5.51. The molecule has 0 saturated carbocycles. The lowest BCUT2D eigenvalue weighted by Gasteiger charge is -2.16. The second-order valence-corrected chi connectivity index (χ2v) is 4.93. The summed E-state index contributed by atoms with van der Waals surface area (Å²) in [4.78, 5) is 6.37. The van der Waals surface area contributed by atoms with Crippen molar-refractivity contribution < 1.29 is 4.52 Å². The minimum Gasteiger partial charge on any atom is -0.360 e. The number of anilines is 3. The van der Waals surface area contributed by atoms with Gasteiger partial charge in [-0.1, -0.05) is 35.5 Å². The fraction of sp³-hybridized carbons (Fsp3) is 0.200. The molecule has 2 aromatic heterocycles. The molecule has 0 bridgehead atoms. The summed E-state index contributed by atoms with van der Waals surface area (Å²) < 4.78 is 5.01. The number of hydrogen-bond donors (Lipinski definition) is 1. The van der Waals surface area contributed by atoms with Gasteiger partial charge in [-0.2, -0.15) is 10.1 Å². The number of rotatable bonds is 5. The lowest BCUT2D eigenvalue weighted by molar-refractivity contribution is 0.400. The molecule has 0 atom stereocenters. The van der Waals surface area contributed by atoms with Crippen molar-refractivity contribution in [1.82, 2.24) is 20.3 Å². The Balaban J connectivity index is 1.73. The Morgan fingerprint density at radius 1 is 1.18 bits per heavy atom. The van der Waals surface area contributed by atoms with Crippen LogP contribution in [0.15, 0.2) is 47.1 Å². The first-order valence-electron chi connectivity index (χ1n) is 6.86. The van der Waals surface area contributed by atoms with Crippen LogP contribution in [0.1, 0.15) is 11.3 Å². The minimum atomic E-state index is 0.536. The largest absolute Gasteiger partial charge is 0.360 e. The molecule has 22 heavy (non-hydrogen) atoms. The fourth-order valence-electron chi connectivity index (χ4n) is 2.00. The lowest BCUT2D eigenvalue weighted by atomic mass is 10.2. The molecule has 0 amide bonds. The highest BCUT2D eigenvalue weighted by atomic mass is 16.5. The summed E-state index contributed by atoms with van der Waals surface area (Å²) in [5.41, 5.74) is 1.18. The summed E-state index contributed by atoms with van der Waals surface area (Å²) in [6, 6.07) is 11.9. The molecule has 1 aromatic carbocycles. The first-order valence-corrected chi connectivity index (χ1v) is 6.86. The lowest BCUT2D eigenvalue weighted by Crippen LogP contribution is -2.19. The summed E-state index contributed by atoms with van der Waals surface area (Å²) in [5, 5.41) is 14.9. The fourth-order valence-corrected chi connectivity index (χ4v) is 2.00. The molecule has 7 heteroatoms. The van der Waals surface area contributed by atoms with Gasteiger partial charge in [0.15, 0.2) is 11.6 Å². The van der Waals surface area contributed by atoms with E-state index >= 15 is 0 Å². The Bertz CT molecular complexity index is 743. The number of nitrogens with one attached hydrogen (secondary N) is 1. The normalized spacial score (nSPS) is 10.5. The van der Waals surface area contributed by atoms with Crippen LogP contribution in [0.4, 0.5) is 17.6 Å². The van der Waals surface area contributed by atoms with E-state index in [9.17, 15) is 0 Å². The zero-order chi connectivity index (χ0) is 15.4. The van der Waals surface area contributed by atoms with Crippen molar-refractivity contribution in [3.63, 3.8) is 0 Å². The van der Waals surface area contributed by atoms with E-state index in [2.05, 4.69) is 37.8 Å². The smallest absolute Gasteiger partial charge is 0.247 e. The van der Waals surface area contributed by atoms with Crippen LogP contribution in [0.5, 0.6) is 0 Å². The van der Waals surface area contributed by atoms with Crippen molar-refractivity contribution in [3.8, 4) is 0 Å². The maximum absolute atomic E-state index is 5.01. The van der Waals surface area contributed by atoms with Crippen molar-refractivity contribution in [2.45, 2.75) is 13.5 Å². The van der Waals surface area contributed by atoms with Crippen LogP contribution in [0.25, 0.3) is 0 Å². The van der Waals surface area contributed by atoms with E-state index in [1.807, 2.05) is 37.1 Å². The summed E-state index contributed by atoms with van der Waals surface area (Å²) in [6.45, 7) is 2.53. The average Bonchev–Trinajstić information content (AvgIpc) is 2.93. The van der Waals surface area contributed by atoms with Crippen molar-refractivity contribution in [2.75, 3.05) is 17.3 Å². The summed E-state index contributed by atoms with van der Waals surface area (Å²) in [6.07, 6.45) is 1.55. The van der Waals surface area contributed by atoms with Gasteiger partial charge in [0.1, 0.15) is 5.76 Å². The number of hydrogen-bond acceptors (Lipinski definition) is 7. The van der Waals surface area contributed by atoms with Gasteiger partial charge in [-0.15, -0.1) is 5.10 Å². The highest BCUT2D eigenvalue weighted by Gasteiger charge is 2.08. The minimum absolute atomic E-state index is 0.536. The third-order valence-corrected chi connectivity index (χ3v) is 3.04. The third-order valence-electron chi connectivity index (χ3n) is 3.04. The Kier molecular flexibility index (Phi) is 3.95. The molecule has 112 valence electrons. The van der Waals surface area contributed by atoms with E-state index in [1.54, 1.807) is 12.3 Å². The number of aryl methyl sites for hydroxylation is 1. The maximum atomic E-state index is 5.01. The van der Waals surface area contributed by atoms with Gasteiger partial charge in [-0.05, 0) is 12.5 Å². The molecule has 0 radical (unpaired) electrons. The van der Waals surface area contributed by atoms with Crippen molar-refractivity contribution >= 4 is 17.6 Å². The van der Waals surface area contributed by atoms with Crippen LogP contribution in [-0.4, -0.2) is 27.4 Å². The van der Waals surface area contributed by atoms with E-state index in [4.69, 9.17) is 4.52 Å². The molecule has 0 fully saturated rings. The molecule has 0 spiro atoms. The average molecular weight is 296 g/mol. The Hall–Kier alpha value is -2.96. The quantitative estimate of drug-likeness (QED) is 0.775. The van der Waals surface area contributed by atoms with Crippen LogP contribution in [0, 0.1) is 6.92 Å². The molecule has 0 aliphatic rings. The van der Waals surface area contributed by atoms with Gasteiger partial charge in [0, 0.05) is 19.7 Å². The number of nitrogens with zero attached hydrogens (tertiary/aromatic N) is 5. The van der Waals surface area contributed by atoms with Crippen molar-refractivity contribution in [1.29, 1.82) is 0 Å². The van der Waals surface area contributed by atoms with Gasteiger partial charge >= 0.3 is 0 Å². The summed E-state index contributed by atoms with van der Waals surface area (Å²) in [5.74, 6) is 2.42. The van der Waals surface area contributed by atoms with Crippen molar-refractivity contribution in [2.24, 2.45) is 0 Å². The van der Waals surface area contributed by atoms with Gasteiger partial charge in [0.05, 0.1) is 6.20 Å². The van der Waals surface area contributed by atoms with E-state index in [-0.39, 0.29) is 0 Å². The van der Waals surface area contributed by atoms with Crippen LogP contribution in [-0.2, 0) is 6.54 Å². The molecule has 3 aromatic rings. The molecule has 0 aliphatic carbocycles. The molecule has 2 heterocycles. The third kappa shape index (κ3) is 3.38. The molecule has 0 aliphatic heterocycles. The molecule has 0 unspecified atom stereocenters. The molecule has 0 saturated heterocycles. The summed E-state index contributed by atoms with van der Waals surface area (Å²) in [7, 11) is 1.92. The first kappa shape index (κ1) is 14.0. The second-order valence-electron chi connectivity index (χ2n) is 4.93. The molecular weight excluding hydrogens is 280 g/mol. The van der Waals surface area contributed by atoms with E-state index in [0.717, 1.165) is 5.76 Å². The highest BCUT2D eigenvalue weighted by Crippen LogP contribution is 2.16. The molecular formula is C15H16N6O. The Morgan fingerprint density at radius 2 is 2.00 bits per heavy atom. The zero-order valence-electron chi connectivity index (χ0n) is 12.4. The molecule has 1 N–H and O–H groups in total. The van der Waals surface area contributed by atoms with Crippen LogP contribution in [0.3, 0.4) is 0 Å². The Morgan fingerprint density at radius 3 is 2.73 bits per heavy atom. The van der Waals surface area contributed by atoms with Gasteiger partial charge in [0.25, 0.3) is 0 Å². The van der Waals surface area contributed by atoms with E-state index in [0.29, 0.717) is 24.1 Å². The molecule has 7 nitrogen and oxygen atoms in total.